The van der Waals surface area contributed by atoms with Crippen molar-refractivity contribution >= 4 is 23.2 Å². The zero-order valence-corrected chi connectivity index (χ0v) is 17.9. The second kappa shape index (κ2) is 8.00. The van der Waals surface area contributed by atoms with Gasteiger partial charge in [0.25, 0.3) is 0 Å². The first kappa shape index (κ1) is 19.9. The Kier molecular flexibility index (Phi) is 4.69. The average molecular weight is 452 g/mol. The second-order valence-corrected chi connectivity index (χ2v) is 8.12. The van der Waals surface area contributed by atoms with Gasteiger partial charge in [-0.2, -0.15) is 9.61 Å². The summed E-state index contributed by atoms with van der Waals surface area (Å²) in [4.78, 5) is 30.1. The number of hydrogen-bond acceptors (Lipinski definition) is 7. The molecular formula is C24H20N8O2. The molecule has 34 heavy (non-hydrogen) atoms. The van der Waals surface area contributed by atoms with E-state index in [1.165, 1.54) is 0 Å². The van der Waals surface area contributed by atoms with Crippen LogP contribution in [-0.2, 0) is 0 Å². The Bertz CT molecular complexity index is 1660. The molecule has 4 aromatic heterocycles. The number of anilines is 2. The van der Waals surface area contributed by atoms with Crippen molar-refractivity contribution in [3.8, 4) is 17.0 Å². The molecule has 1 fully saturated rings. The fourth-order valence-corrected chi connectivity index (χ4v) is 3.69. The van der Waals surface area contributed by atoms with E-state index in [4.69, 9.17) is 9.98 Å². The predicted octanol–water partition coefficient (Wildman–Crippen LogP) is 1.87. The number of aromatic amines is 2. The highest BCUT2D eigenvalue weighted by Crippen LogP contribution is 2.23. The molecule has 10 heteroatoms. The molecule has 1 aliphatic rings. The standard InChI is InChI=1S/C24H20N8O2/c33-23-19(29-24(34)31-23)10-16-13-26-32-21(28-18-7-8-18)11-20(30-22(16)32)27-17-5-3-14(4-6-17)15-2-1-9-25-12-15/h1-6,9-13,18,27,33H,7-8H2,(H2,29,31,34)/b16-10-,28-21?. The largest absolute Gasteiger partial charge is 0.493 e. The van der Waals surface area contributed by atoms with Crippen LogP contribution in [0, 0.1) is 0 Å². The monoisotopic (exact) mass is 452 g/mol. The van der Waals surface area contributed by atoms with Crippen LogP contribution in [0.25, 0.3) is 22.9 Å². The molecule has 1 aliphatic carbocycles. The van der Waals surface area contributed by atoms with Crippen molar-refractivity contribution < 1.29 is 5.11 Å². The van der Waals surface area contributed by atoms with E-state index in [2.05, 4.69) is 25.4 Å². The maximum atomic E-state index is 11.5. The first-order valence-corrected chi connectivity index (χ1v) is 10.9. The highest BCUT2D eigenvalue weighted by Gasteiger charge is 2.20. The maximum absolute atomic E-state index is 11.5. The number of benzene rings is 1. The third-order valence-corrected chi connectivity index (χ3v) is 5.53. The van der Waals surface area contributed by atoms with Crippen LogP contribution in [-0.4, -0.2) is 40.7 Å². The lowest BCUT2D eigenvalue weighted by molar-refractivity contribution is 0.454. The molecule has 10 nitrogen and oxygen atoms in total. The number of rotatable bonds is 5. The van der Waals surface area contributed by atoms with Gasteiger partial charge in [0.15, 0.2) is 11.1 Å². The number of imidazole rings is 1. The molecule has 0 amide bonds. The number of hydrogen-bond donors (Lipinski definition) is 4. The highest BCUT2D eigenvalue weighted by atomic mass is 16.3. The molecule has 0 saturated heterocycles. The van der Waals surface area contributed by atoms with Crippen molar-refractivity contribution in [3.63, 3.8) is 0 Å². The Morgan fingerprint density at radius 3 is 2.68 bits per heavy atom. The topological polar surface area (TPSA) is 136 Å². The molecule has 0 unspecified atom stereocenters. The van der Waals surface area contributed by atoms with Gasteiger partial charge in [0.05, 0.1) is 12.2 Å². The number of fused-ring (bicyclic) bond motifs is 1. The molecule has 0 aliphatic heterocycles. The van der Waals surface area contributed by atoms with Crippen LogP contribution in [0.3, 0.4) is 0 Å². The molecule has 4 N–H and O–H groups in total. The summed E-state index contributed by atoms with van der Waals surface area (Å²) in [6, 6.07) is 14.1. The number of H-pyrrole nitrogens is 2. The minimum atomic E-state index is -0.491. The lowest BCUT2D eigenvalue weighted by Crippen LogP contribution is -2.19. The van der Waals surface area contributed by atoms with Crippen LogP contribution < -0.4 is 21.7 Å². The number of aromatic hydroxyl groups is 1. The van der Waals surface area contributed by atoms with E-state index in [1.54, 1.807) is 23.0 Å². The van der Waals surface area contributed by atoms with Gasteiger partial charge in [-0.3, -0.25) is 15.0 Å². The van der Waals surface area contributed by atoms with Crippen molar-refractivity contribution in [2.45, 2.75) is 18.9 Å². The molecule has 1 aromatic carbocycles. The third kappa shape index (κ3) is 3.92. The van der Waals surface area contributed by atoms with Crippen LogP contribution in [0.1, 0.15) is 18.5 Å². The summed E-state index contributed by atoms with van der Waals surface area (Å²) < 4.78 is 1.67. The molecule has 5 aromatic rings. The number of nitrogens with one attached hydrogen (secondary N) is 3. The molecule has 6 rings (SSSR count). The first-order chi connectivity index (χ1) is 16.6. The summed E-state index contributed by atoms with van der Waals surface area (Å²) in [6.07, 6.45) is 8.95. The van der Waals surface area contributed by atoms with E-state index in [0.717, 1.165) is 29.7 Å². The summed E-state index contributed by atoms with van der Waals surface area (Å²) in [6.45, 7) is 0. The fraction of sp³-hybridized carbons (Fsp3) is 0.125. The normalized spacial score (nSPS) is 14.7. The molecule has 0 atom stereocenters. The van der Waals surface area contributed by atoms with E-state index < -0.39 is 5.69 Å². The van der Waals surface area contributed by atoms with Gasteiger partial charge in [-0.1, -0.05) is 18.2 Å². The third-order valence-electron chi connectivity index (χ3n) is 5.53. The van der Waals surface area contributed by atoms with Crippen LogP contribution in [0.2, 0.25) is 0 Å². The van der Waals surface area contributed by atoms with Crippen LogP contribution >= 0.6 is 0 Å². The van der Waals surface area contributed by atoms with Crippen molar-refractivity contribution in [1.82, 2.24) is 29.5 Å². The lowest BCUT2D eigenvalue weighted by Gasteiger charge is -2.08. The van der Waals surface area contributed by atoms with Crippen LogP contribution in [0.15, 0.2) is 70.8 Å². The van der Waals surface area contributed by atoms with E-state index in [-0.39, 0.29) is 11.6 Å². The fourth-order valence-electron chi connectivity index (χ4n) is 3.69. The summed E-state index contributed by atoms with van der Waals surface area (Å²) in [5.41, 5.74) is 4.00. The van der Waals surface area contributed by atoms with Crippen LogP contribution in [0.5, 0.6) is 5.88 Å². The van der Waals surface area contributed by atoms with Gasteiger partial charge in [-0.05, 0) is 48.2 Å². The maximum Gasteiger partial charge on any atom is 0.326 e. The van der Waals surface area contributed by atoms with E-state index in [1.807, 2.05) is 48.7 Å². The zero-order valence-electron chi connectivity index (χ0n) is 17.9. The predicted molar refractivity (Wildman–Crippen MR) is 126 cm³/mol. The Morgan fingerprint density at radius 1 is 1.12 bits per heavy atom. The van der Waals surface area contributed by atoms with E-state index in [9.17, 15) is 9.90 Å². The van der Waals surface area contributed by atoms with Crippen molar-refractivity contribution in [2.75, 3.05) is 5.32 Å². The van der Waals surface area contributed by atoms with Gasteiger partial charge < -0.3 is 15.4 Å². The SMILES string of the molecule is O=c1[nH]c(O)c(/C=c2/cnn3c(=NC4CC4)cc(Nc4ccc(-c5cccnc5)cc4)nc23)[nH]1. The van der Waals surface area contributed by atoms with Gasteiger partial charge in [-0.15, -0.1) is 0 Å². The highest BCUT2D eigenvalue weighted by molar-refractivity contribution is 5.67. The molecule has 168 valence electrons. The molecule has 1 saturated carbocycles. The second-order valence-electron chi connectivity index (χ2n) is 8.12. The van der Waals surface area contributed by atoms with Gasteiger partial charge in [0.1, 0.15) is 11.5 Å². The number of aromatic nitrogens is 6. The average Bonchev–Trinajstić information content (AvgIpc) is 3.48. The van der Waals surface area contributed by atoms with Crippen molar-refractivity contribution in [1.29, 1.82) is 0 Å². The summed E-state index contributed by atoms with van der Waals surface area (Å²) in [7, 11) is 0. The zero-order chi connectivity index (χ0) is 23.1. The molecular weight excluding hydrogens is 432 g/mol. The van der Waals surface area contributed by atoms with Gasteiger partial charge in [0.2, 0.25) is 5.88 Å². The molecule has 0 spiro atoms. The Labute approximate surface area is 192 Å². The number of pyridine rings is 1. The van der Waals surface area contributed by atoms with E-state index >= 15 is 0 Å². The molecule has 0 bridgehead atoms. The Morgan fingerprint density at radius 2 is 1.97 bits per heavy atom. The Balaban J connectivity index is 1.41. The molecule has 0 radical (unpaired) electrons. The summed E-state index contributed by atoms with van der Waals surface area (Å²) >= 11 is 0. The minimum Gasteiger partial charge on any atom is -0.493 e. The van der Waals surface area contributed by atoms with Crippen LogP contribution in [0.4, 0.5) is 11.5 Å². The quantitative estimate of drug-likeness (QED) is 0.321. The first-order valence-electron chi connectivity index (χ1n) is 10.9. The minimum absolute atomic E-state index is 0.241. The lowest BCUT2D eigenvalue weighted by atomic mass is 10.1. The van der Waals surface area contributed by atoms with Gasteiger partial charge in [0, 0.05) is 29.4 Å². The van der Waals surface area contributed by atoms with Crippen molar-refractivity contribution in [3.05, 3.63) is 87.9 Å². The van der Waals surface area contributed by atoms with Crippen molar-refractivity contribution in [2.24, 2.45) is 4.99 Å². The van der Waals surface area contributed by atoms with Gasteiger partial charge >= 0.3 is 5.69 Å². The summed E-state index contributed by atoms with van der Waals surface area (Å²) in [5.74, 6) is 0.373. The Hall–Kier alpha value is -4.73. The van der Waals surface area contributed by atoms with E-state index in [0.29, 0.717) is 28.2 Å². The summed E-state index contributed by atoms with van der Waals surface area (Å²) in [5, 5.41) is 18.4. The number of nitrogens with zero attached hydrogens (tertiary/aromatic N) is 5. The smallest absolute Gasteiger partial charge is 0.326 e. The molecule has 4 heterocycles. The van der Waals surface area contributed by atoms with Gasteiger partial charge in [-0.25, -0.2) is 9.78 Å².